The molecule has 1 aromatic carbocycles. The summed E-state index contributed by atoms with van der Waals surface area (Å²) in [5, 5.41) is 9.58. The second-order valence-corrected chi connectivity index (χ2v) is 3.69. The van der Waals surface area contributed by atoms with Crippen molar-refractivity contribution in [3.05, 3.63) is 35.4 Å². The highest BCUT2D eigenvalue weighted by molar-refractivity contribution is 5.24. The van der Waals surface area contributed by atoms with E-state index in [0.29, 0.717) is 0 Å². The van der Waals surface area contributed by atoms with Gasteiger partial charge in [0.05, 0.1) is 6.61 Å². The quantitative estimate of drug-likeness (QED) is 0.704. The van der Waals surface area contributed by atoms with Gasteiger partial charge in [-0.3, -0.25) is 0 Å². The number of aliphatic hydroxyl groups is 1. The van der Waals surface area contributed by atoms with Gasteiger partial charge in [0.2, 0.25) is 0 Å². The fourth-order valence-corrected chi connectivity index (χ4v) is 1.47. The van der Waals surface area contributed by atoms with Gasteiger partial charge in [-0.1, -0.05) is 37.6 Å². The van der Waals surface area contributed by atoms with Crippen LogP contribution in [-0.2, 0) is 11.3 Å². The monoisotopic (exact) mass is 209 g/mol. The Morgan fingerprint density at radius 2 is 2.00 bits per heavy atom. The third-order valence-corrected chi connectivity index (χ3v) is 2.44. The summed E-state index contributed by atoms with van der Waals surface area (Å²) in [5.74, 6) is 4.90. The Bertz CT molecular complexity index is 271. The van der Waals surface area contributed by atoms with Crippen LogP contribution < -0.4 is 5.90 Å². The molecule has 0 aliphatic heterocycles. The van der Waals surface area contributed by atoms with E-state index in [1.54, 1.807) is 0 Å². The molecular weight excluding hydrogens is 190 g/mol. The molecule has 0 saturated heterocycles. The van der Waals surface area contributed by atoms with Crippen LogP contribution in [0.25, 0.3) is 0 Å². The van der Waals surface area contributed by atoms with E-state index in [0.717, 1.165) is 12.0 Å². The number of unbranched alkanes of at least 4 members (excludes halogenated alkanes) is 1. The van der Waals surface area contributed by atoms with E-state index in [1.807, 2.05) is 24.3 Å². The van der Waals surface area contributed by atoms with Crippen molar-refractivity contribution in [2.45, 2.75) is 32.3 Å². The predicted octanol–water partition coefficient (Wildman–Crippen LogP) is 1.95. The minimum absolute atomic E-state index is 0.133. The topological polar surface area (TPSA) is 55.5 Å². The third-order valence-electron chi connectivity index (χ3n) is 2.44. The van der Waals surface area contributed by atoms with E-state index in [-0.39, 0.29) is 6.61 Å². The Morgan fingerprint density at radius 1 is 1.33 bits per heavy atom. The van der Waals surface area contributed by atoms with E-state index in [9.17, 15) is 5.11 Å². The van der Waals surface area contributed by atoms with Crippen molar-refractivity contribution in [3.8, 4) is 0 Å². The zero-order valence-electron chi connectivity index (χ0n) is 9.15. The Hall–Kier alpha value is -0.900. The van der Waals surface area contributed by atoms with Gasteiger partial charge in [0.25, 0.3) is 0 Å². The van der Waals surface area contributed by atoms with Crippen molar-refractivity contribution < 1.29 is 9.94 Å². The summed E-state index contributed by atoms with van der Waals surface area (Å²) in [6.45, 7) is 2.31. The van der Waals surface area contributed by atoms with E-state index < -0.39 is 6.10 Å². The summed E-state index contributed by atoms with van der Waals surface area (Å²) in [6.07, 6.45) is 2.87. The predicted molar refractivity (Wildman–Crippen MR) is 60.2 cm³/mol. The van der Waals surface area contributed by atoms with Gasteiger partial charge in [-0.25, -0.2) is 5.90 Å². The number of aryl methyl sites for hydroxylation is 1. The molecule has 0 aromatic heterocycles. The van der Waals surface area contributed by atoms with Gasteiger partial charge in [-0.15, -0.1) is 0 Å². The SMILES string of the molecule is CCCCc1ccc(C(O)CON)cc1. The standard InChI is InChI=1S/C12H19NO2/c1-2-3-4-10-5-7-11(8-6-10)12(14)9-15-13/h5-8,12,14H,2-4,9,13H2,1H3. The summed E-state index contributed by atoms with van der Waals surface area (Å²) in [4.78, 5) is 4.40. The lowest BCUT2D eigenvalue weighted by molar-refractivity contribution is 0.0359. The number of benzene rings is 1. The van der Waals surface area contributed by atoms with Crippen molar-refractivity contribution in [2.75, 3.05) is 6.61 Å². The molecule has 15 heavy (non-hydrogen) atoms. The van der Waals surface area contributed by atoms with Gasteiger partial charge in [-0.2, -0.15) is 0 Å². The molecular formula is C12H19NO2. The summed E-state index contributed by atoms with van der Waals surface area (Å²) >= 11 is 0. The molecule has 0 aliphatic carbocycles. The van der Waals surface area contributed by atoms with E-state index in [1.165, 1.54) is 18.4 Å². The third kappa shape index (κ3) is 4.00. The second-order valence-electron chi connectivity index (χ2n) is 3.69. The van der Waals surface area contributed by atoms with Crippen LogP contribution in [0.3, 0.4) is 0 Å². The lowest BCUT2D eigenvalue weighted by Crippen LogP contribution is -2.10. The summed E-state index contributed by atoms with van der Waals surface area (Å²) in [5.41, 5.74) is 2.15. The molecule has 1 atom stereocenters. The first kappa shape index (κ1) is 12.2. The Morgan fingerprint density at radius 3 is 2.53 bits per heavy atom. The van der Waals surface area contributed by atoms with E-state index in [2.05, 4.69) is 11.8 Å². The van der Waals surface area contributed by atoms with Crippen LogP contribution in [-0.4, -0.2) is 11.7 Å². The summed E-state index contributed by atoms with van der Waals surface area (Å²) in [6, 6.07) is 7.94. The molecule has 3 heteroatoms. The smallest absolute Gasteiger partial charge is 0.104 e. The number of rotatable bonds is 6. The van der Waals surface area contributed by atoms with Crippen molar-refractivity contribution in [3.63, 3.8) is 0 Å². The fourth-order valence-electron chi connectivity index (χ4n) is 1.47. The molecule has 84 valence electrons. The fraction of sp³-hybridized carbons (Fsp3) is 0.500. The zero-order chi connectivity index (χ0) is 11.1. The number of hydrogen-bond acceptors (Lipinski definition) is 3. The van der Waals surface area contributed by atoms with Crippen LogP contribution >= 0.6 is 0 Å². The first-order valence-electron chi connectivity index (χ1n) is 5.36. The van der Waals surface area contributed by atoms with Crippen LogP contribution in [0.1, 0.15) is 37.0 Å². The van der Waals surface area contributed by atoms with Crippen molar-refractivity contribution >= 4 is 0 Å². The van der Waals surface area contributed by atoms with Gasteiger partial charge in [0.1, 0.15) is 6.10 Å². The van der Waals surface area contributed by atoms with Gasteiger partial charge >= 0.3 is 0 Å². The molecule has 3 N–H and O–H groups in total. The molecule has 1 unspecified atom stereocenters. The van der Waals surface area contributed by atoms with Crippen LogP contribution in [0.5, 0.6) is 0 Å². The highest BCUT2D eigenvalue weighted by Gasteiger charge is 2.06. The van der Waals surface area contributed by atoms with Crippen LogP contribution in [0.2, 0.25) is 0 Å². The van der Waals surface area contributed by atoms with Crippen molar-refractivity contribution in [1.82, 2.24) is 0 Å². The van der Waals surface area contributed by atoms with Gasteiger partial charge in [-0.05, 0) is 24.0 Å². The minimum atomic E-state index is -0.629. The maximum atomic E-state index is 9.58. The van der Waals surface area contributed by atoms with Crippen LogP contribution in [0.15, 0.2) is 24.3 Å². The van der Waals surface area contributed by atoms with Gasteiger partial charge in [0, 0.05) is 0 Å². The molecule has 0 bridgehead atoms. The molecule has 3 nitrogen and oxygen atoms in total. The number of aliphatic hydroxyl groups excluding tert-OH is 1. The van der Waals surface area contributed by atoms with Crippen molar-refractivity contribution in [2.24, 2.45) is 5.90 Å². The molecule has 0 saturated carbocycles. The summed E-state index contributed by atoms with van der Waals surface area (Å²) < 4.78 is 0. The van der Waals surface area contributed by atoms with Gasteiger partial charge < -0.3 is 9.94 Å². The van der Waals surface area contributed by atoms with Gasteiger partial charge in [0.15, 0.2) is 0 Å². The highest BCUT2D eigenvalue weighted by Crippen LogP contribution is 2.14. The maximum Gasteiger partial charge on any atom is 0.104 e. The molecule has 0 fully saturated rings. The summed E-state index contributed by atoms with van der Waals surface area (Å²) in [7, 11) is 0. The Labute approximate surface area is 90.8 Å². The molecule has 0 spiro atoms. The largest absolute Gasteiger partial charge is 0.386 e. The first-order chi connectivity index (χ1) is 7.27. The number of hydrogen-bond donors (Lipinski definition) is 2. The molecule has 0 heterocycles. The van der Waals surface area contributed by atoms with Crippen LogP contribution in [0.4, 0.5) is 0 Å². The van der Waals surface area contributed by atoms with Crippen LogP contribution in [0, 0.1) is 0 Å². The average Bonchev–Trinajstić information content (AvgIpc) is 2.27. The molecule has 0 amide bonds. The molecule has 0 radical (unpaired) electrons. The lowest BCUT2D eigenvalue weighted by Gasteiger charge is -2.09. The highest BCUT2D eigenvalue weighted by atomic mass is 16.6. The first-order valence-corrected chi connectivity index (χ1v) is 5.36. The Balaban J connectivity index is 2.55. The molecule has 1 rings (SSSR count). The second kappa shape index (κ2) is 6.56. The van der Waals surface area contributed by atoms with E-state index in [4.69, 9.17) is 5.90 Å². The lowest BCUT2D eigenvalue weighted by atomic mass is 10.0. The molecule has 1 aromatic rings. The average molecular weight is 209 g/mol. The van der Waals surface area contributed by atoms with Crippen molar-refractivity contribution in [1.29, 1.82) is 0 Å². The minimum Gasteiger partial charge on any atom is -0.386 e. The number of nitrogens with two attached hydrogens (primary N) is 1. The maximum absolute atomic E-state index is 9.58. The van der Waals surface area contributed by atoms with E-state index >= 15 is 0 Å². The molecule has 0 aliphatic rings. The zero-order valence-corrected chi connectivity index (χ0v) is 9.15. The normalized spacial score (nSPS) is 12.7. The Kier molecular flexibility index (Phi) is 5.32.